The van der Waals surface area contributed by atoms with Crippen molar-refractivity contribution >= 4 is 23.2 Å². The van der Waals surface area contributed by atoms with Gasteiger partial charge < -0.3 is 9.64 Å². The van der Waals surface area contributed by atoms with E-state index in [0.29, 0.717) is 30.8 Å². The summed E-state index contributed by atoms with van der Waals surface area (Å²) in [6.07, 6.45) is 2.55. The van der Waals surface area contributed by atoms with Crippen LogP contribution in [0.15, 0.2) is 59.7 Å². The molecule has 0 spiro atoms. The van der Waals surface area contributed by atoms with Crippen LogP contribution in [0.1, 0.15) is 37.3 Å². The van der Waals surface area contributed by atoms with Gasteiger partial charge >= 0.3 is 0 Å². The van der Waals surface area contributed by atoms with Crippen molar-refractivity contribution < 1.29 is 14.3 Å². The van der Waals surface area contributed by atoms with E-state index in [9.17, 15) is 9.59 Å². The van der Waals surface area contributed by atoms with E-state index in [1.807, 2.05) is 59.5 Å². The first kappa shape index (κ1) is 18.2. The summed E-state index contributed by atoms with van der Waals surface area (Å²) in [6.45, 7) is 0.702. The van der Waals surface area contributed by atoms with E-state index >= 15 is 0 Å². The quantitative estimate of drug-likeness (QED) is 0.819. The summed E-state index contributed by atoms with van der Waals surface area (Å²) in [6, 6.07) is 17.1. The van der Waals surface area contributed by atoms with E-state index in [4.69, 9.17) is 4.74 Å². The van der Waals surface area contributed by atoms with Crippen molar-refractivity contribution in [1.82, 2.24) is 4.90 Å². The standard InChI is InChI=1S/C22H23N3O3/c1-28-18-11-9-16(10-12-18)20-8-5-15-24(20)22(27)19-13-14-21(26)25(23-19)17-6-3-2-4-7-17/h2-4,6-7,9-12,20H,5,8,13-15H2,1H3. The summed E-state index contributed by atoms with van der Waals surface area (Å²) in [5.41, 5.74) is 2.23. The summed E-state index contributed by atoms with van der Waals surface area (Å²) in [5.74, 6) is 0.635. The van der Waals surface area contributed by atoms with Gasteiger partial charge in [0.05, 0.1) is 18.8 Å². The largest absolute Gasteiger partial charge is 0.497 e. The van der Waals surface area contributed by atoms with Crippen LogP contribution in [0.3, 0.4) is 0 Å². The number of rotatable bonds is 4. The van der Waals surface area contributed by atoms with Crippen LogP contribution in [0, 0.1) is 0 Å². The maximum Gasteiger partial charge on any atom is 0.270 e. The van der Waals surface area contributed by atoms with E-state index in [2.05, 4.69) is 5.10 Å². The van der Waals surface area contributed by atoms with Crippen LogP contribution in [0.5, 0.6) is 5.75 Å². The normalized spacial score (nSPS) is 19.5. The van der Waals surface area contributed by atoms with E-state index < -0.39 is 0 Å². The van der Waals surface area contributed by atoms with Crippen LogP contribution in [0.4, 0.5) is 5.69 Å². The Morgan fingerprint density at radius 3 is 2.54 bits per heavy atom. The van der Waals surface area contributed by atoms with E-state index in [0.717, 1.165) is 24.2 Å². The molecule has 0 radical (unpaired) electrons. The van der Waals surface area contributed by atoms with E-state index in [-0.39, 0.29) is 17.9 Å². The molecule has 2 aliphatic heterocycles. The molecule has 2 aliphatic rings. The van der Waals surface area contributed by atoms with Gasteiger partial charge in [-0.05, 0) is 42.7 Å². The Morgan fingerprint density at radius 1 is 1.07 bits per heavy atom. The highest BCUT2D eigenvalue weighted by Gasteiger charge is 2.34. The SMILES string of the molecule is COc1ccc(C2CCCN2C(=O)C2=NN(c3ccccc3)C(=O)CC2)cc1. The predicted molar refractivity (Wildman–Crippen MR) is 107 cm³/mol. The average molecular weight is 377 g/mol. The van der Waals surface area contributed by atoms with Crippen molar-refractivity contribution in [1.29, 1.82) is 0 Å². The molecule has 1 unspecified atom stereocenters. The molecule has 0 aliphatic carbocycles. The number of hydrazone groups is 1. The van der Waals surface area contributed by atoms with Crippen molar-refractivity contribution in [3.05, 3.63) is 60.2 Å². The molecule has 2 aromatic rings. The number of carbonyl (C=O) groups excluding carboxylic acids is 2. The molecule has 1 fully saturated rings. The third kappa shape index (κ3) is 3.50. The molecule has 0 bridgehead atoms. The van der Waals surface area contributed by atoms with Gasteiger partial charge in [0.25, 0.3) is 5.91 Å². The number of para-hydroxylation sites is 1. The molecule has 6 nitrogen and oxygen atoms in total. The topological polar surface area (TPSA) is 62.2 Å². The third-order valence-electron chi connectivity index (χ3n) is 5.29. The molecule has 2 heterocycles. The van der Waals surface area contributed by atoms with Crippen LogP contribution >= 0.6 is 0 Å². The van der Waals surface area contributed by atoms with E-state index in [1.54, 1.807) is 7.11 Å². The van der Waals surface area contributed by atoms with Gasteiger partial charge in [-0.1, -0.05) is 30.3 Å². The Kier molecular flexibility index (Phi) is 5.10. The second kappa shape index (κ2) is 7.84. The number of hydrogen-bond donors (Lipinski definition) is 0. The highest BCUT2D eigenvalue weighted by atomic mass is 16.5. The number of carbonyl (C=O) groups is 2. The zero-order valence-corrected chi connectivity index (χ0v) is 15.9. The fourth-order valence-corrected chi connectivity index (χ4v) is 3.83. The van der Waals surface area contributed by atoms with Crippen molar-refractivity contribution in [2.75, 3.05) is 18.7 Å². The van der Waals surface area contributed by atoms with Gasteiger partial charge in [-0.25, -0.2) is 5.01 Å². The third-order valence-corrected chi connectivity index (χ3v) is 5.29. The Morgan fingerprint density at radius 2 is 1.82 bits per heavy atom. The van der Waals surface area contributed by atoms with Crippen LogP contribution in [-0.2, 0) is 9.59 Å². The van der Waals surface area contributed by atoms with Gasteiger partial charge in [-0.2, -0.15) is 5.10 Å². The van der Waals surface area contributed by atoms with Gasteiger partial charge in [0.2, 0.25) is 5.91 Å². The Labute approximate surface area is 164 Å². The second-order valence-corrected chi connectivity index (χ2v) is 7.02. The van der Waals surface area contributed by atoms with Gasteiger partial charge in [0.1, 0.15) is 11.5 Å². The molecular formula is C22H23N3O3. The Hall–Kier alpha value is -3.15. The highest BCUT2D eigenvalue weighted by Crippen LogP contribution is 2.33. The maximum atomic E-state index is 13.2. The van der Waals surface area contributed by atoms with Gasteiger partial charge in [-0.15, -0.1) is 0 Å². The zero-order chi connectivity index (χ0) is 19.5. The van der Waals surface area contributed by atoms with Gasteiger partial charge in [0.15, 0.2) is 0 Å². The van der Waals surface area contributed by atoms with Crippen molar-refractivity contribution in [3.63, 3.8) is 0 Å². The first-order valence-electron chi connectivity index (χ1n) is 9.58. The molecule has 0 saturated carbocycles. The first-order valence-corrected chi connectivity index (χ1v) is 9.58. The Bertz CT molecular complexity index is 893. The van der Waals surface area contributed by atoms with Crippen molar-refractivity contribution in [2.45, 2.75) is 31.7 Å². The molecule has 28 heavy (non-hydrogen) atoms. The summed E-state index contributed by atoms with van der Waals surface area (Å²) in [5, 5.41) is 5.78. The lowest BCUT2D eigenvalue weighted by atomic mass is 10.0. The lowest BCUT2D eigenvalue weighted by Crippen LogP contribution is -2.41. The number of anilines is 1. The lowest BCUT2D eigenvalue weighted by molar-refractivity contribution is -0.125. The number of benzene rings is 2. The number of nitrogens with zero attached hydrogens (tertiary/aromatic N) is 3. The molecule has 4 rings (SSSR count). The minimum Gasteiger partial charge on any atom is -0.497 e. The number of amides is 2. The summed E-state index contributed by atoms with van der Waals surface area (Å²) in [4.78, 5) is 27.4. The molecular weight excluding hydrogens is 354 g/mol. The molecule has 2 amide bonds. The van der Waals surface area contributed by atoms with Crippen LogP contribution < -0.4 is 9.75 Å². The fourth-order valence-electron chi connectivity index (χ4n) is 3.83. The number of likely N-dealkylation sites (tertiary alicyclic amines) is 1. The molecule has 1 saturated heterocycles. The van der Waals surface area contributed by atoms with Crippen LogP contribution in [-0.4, -0.2) is 36.1 Å². The molecule has 0 N–H and O–H groups in total. The number of methoxy groups -OCH3 is 1. The van der Waals surface area contributed by atoms with Crippen molar-refractivity contribution in [3.8, 4) is 5.75 Å². The minimum atomic E-state index is -0.0872. The van der Waals surface area contributed by atoms with Gasteiger partial charge in [0, 0.05) is 19.4 Å². The average Bonchev–Trinajstić information content (AvgIpc) is 3.24. The summed E-state index contributed by atoms with van der Waals surface area (Å²) >= 11 is 0. The minimum absolute atomic E-state index is 0.0314. The first-order chi connectivity index (χ1) is 13.7. The predicted octanol–water partition coefficient (Wildman–Crippen LogP) is 3.54. The smallest absolute Gasteiger partial charge is 0.270 e. The zero-order valence-electron chi connectivity index (χ0n) is 15.9. The van der Waals surface area contributed by atoms with Gasteiger partial charge in [-0.3, -0.25) is 9.59 Å². The molecule has 144 valence electrons. The van der Waals surface area contributed by atoms with Crippen LogP contribution in [0.2, 0.25) is 0 Å². The molecule has 2 aromatic carbocycles. The lowest BCUT2D eigenvalue weighted by Gasteiger charge is -2.28. The fraction of sp³-hybridized carbons (Fsp3) is 0.318. The highest BCUT2D eigenvalue weighted by molar-refractivity contribution is 6.40. The van der Waals surface area contributed by atoms with Crippen LogP contribution in [0.25, 0.3) is 0 Å². The Balaban J connectivity index is 1.57. The van der Waals surface area contributed by atoms with E-state index in [1.165, 1.54) is 5.01 Å². The monoisotopic (exact) mass is 377 g/mol. The molecule has 0 aromatic heterocycles. The number of ether oxygens (including phenoxy) is 1. The maximum absolute atomic E-state index is 13.2. The molecule has 6 heteroatoms. The number of hydrogen-bond acceptors (Lipinski definition) is 4. The molecule has 1 atom stereocenters. The summed E-state index contributed by atoms with van der Waals surface area (Å²) in [7, 11) is 1.64. The second-order valence-electron chi connectivity index (χ2n) is 7.02. The summed E-state index contributed by atoms with van der Waals surface area (Å²) < 4.78 is 5.23. The van der Waals surface area contributed by atoms with Crippen molar-refractivity contribution in [2.24, 2.45) is 5.10 Å².